The summed E-state index contributed by atoms with van der Waals surface area (Å²) in [5.74, 6) is 1.65. The van der Waals surface area contributed by atoms with Crippen LogP contribution in [0.1, 0.15) is 5.89 Å². The summed E-state index contributed by atoms with van der Waals surface area (Å²) in [6.45, 7) is 2.43. The highest BCUT2D eigenvalue weighted by Crippen LogP contribution is 2.36. The predicted molar refractivity (Wildman–Crippen MR) is 83.6 cm³/mol. The Morgan fingerprint density at radius 2 is 2.30 bits per heavy atom. The van der Waals surface area contributed by atoms with Crippen molar-refractivity contribution >= 4 is 32.1 Å². The van der Waals surface area contributed by atoms with Crippen LogP contribution in [0.5, 0.6) is 0 Å². The predicted octanol–water partition coefficient (Wildman–Crippen LogP) is 3.40. The van der Waals surface area contributed by atoms with Gasteiger partial charge in [-0.1, -0.05) is 0 Å². The lowest BCUT2D eigenvalue weighted by atomic mass is 10.4. The van der Waals surface area contributed by atoms with Crippen LogP contribution in [0.3, 0.4) is 0 Å². The highest BCUT2D eigenvalue weighted by Gasteiger charge is 2.10. The molecule has 0 saturated heterocycles. The third-order valence-electron chi connectivity index (χ3n) is 2.93. The van der Waals surface area contributed by atoms with E-state index in [9.17, 15) is 0 Å². The Labute approximate surface area is 125 Å². The molecule has 106 valence electrons. The maximum atomic E-state index is 5.81. The van der Waals surface area contributed by atoms with E-state index in [1.54, 1.807) is 29.8 Å². The smallest absolute Gasteiger partial charge is 0.196 e. The van der Waals surface area contributed by atoms with Gasteiger partial charge in [0.15, 0.2) is 11.7 Å². The summed E-state index contributed by atoms with van der Waals surface area (Å²) >= 11 is 3.51. The molecule has 0 fully saturated rings. The molecule has 0 saturated carbocycles. The number of ether oxygens (including phenoxy) is 1. The molecule has 0 unspecified atom stereocenters. The lowest BCUT2D eigenvalue weighted by Gasteiger charge is -2.00. The van der Waals surface area contributed by atoms with E-state index in [1.807, 2.05) is 6.20 Å². The topological polar surface area (TPSA) is 47.3 Å². The first-order valence-corrected chi connectivity index (χ1v) is 8.18. The number of oxazole rings is 1. The SMILES string of the molecule is COCCNCCc1ncc(-c2cc3sccc3s2)o1. The van der Waals surface area contributed by atoms with Gasteiger partial charge in [0.05, 0.1) is 17.7 Å². The van der Waals surface area contributed by atoms with Crippen LogP contribution >= 0.6 is 22.7 Å². The van der Waals surface area contributed by atoms with Crippen molar-refractivity contribution in [1.29, 1.82) is 0 Å². The molecular weight excluding hydrogens is 292 g/mol. The number of thiophene rings is 2. The minimum atomic E-state index is 0.725. The van der Waals surface area contributed by atoms with E-state index in [-0.39, 0.29) is 0 Å². The zero-order valence-corrected chi connectivity index (χ0v) is 12.9. The van der Waals surface area contributed by atoms with Crippen LogP contribution in [0.2, 0.25) is 0 Å². The summed E-state index contributed by atoms with van der Waals surface area (Å²) < 4.78 is 13.4. The maximum Gasteiger partial charge on any atom is 0.196 e. The molecule has 4 nitrogen and oxygen atoms in total. The van der Waals surface area contributed by atoms with Crippen molar-refractivity contribution < 1.29 is 9.15 Å². The molecule has 0 aliphatic carbocycles. The van der Waals surface area contributed by atoms with Gasteiger partial charge in [0.25, 0.3) is 0 Å². The molecule has 0 atom stereocenters. The van der Waals surface area contributed by atoms with Gasteiger partial charge in [-0.3, -0.25) is 0 Å². The fourth-order valence-electron chi connectivity index (χ4n) is 1.92. The number of nitrogens with one attached hydrogen (secondary N) is 1. The third kappa shape index (κ3) is 3.09. The van der Waals surface area contributed by atoms with Gasteiger partial charge in [-0.15, -0.1) is 22.7 Å². The van der Waals surface area contributed by atoms with E-state index >= 15 is 0 Å². The monoisotopic (exact) mass is 308 g/mol. The average molecular weight is 308 g/mol. The number of hydrogen-bond donors (Lipinski definition) is 1. The Morgan fingerprint density at radius 1 is 1.35 bits per heavy atom. The van der Waals surface area contributed by atoms with Crippen LogP contribution in [0.15, 0.2) is 28.1 Å². The van der Waals surface area contributed by atoms with Crippen molar-refractivity contribution in [2.75, 3.05) is 26.8 Å². The Morgan fingerprint density at radius 3 is 3.15 bits per heavy atom. The third-order valence-corrected chi connectivity index (χ3v) is 5.04. The number of methoxy groups -OCH3 is 1. The fourth-order valence-corrected chi connectivity index (χ4v) is 3.98. The first kappa shape index (κ1) is 13.8. The molecular formula is C14H16N2O2S2. The number of aromatic nitrogens is 1. The van der Waals surface area contributed by atoms with E-state index in [4.69, 9.17) is 9.15 Å². The number of nitrogens with zero attached hydrogens (tertiary/aromatic N) is 1. The lowest BCUT2D eigenvalue weighted by Crippen LogP contribution is -2.21. The van der Waals surface area contributed by atoms with Crippen molar-refractivity contribution in [2.45, 2.75) is 6.42 Å². The van der Waals surface area contributed by atoms with Crippen LogP contribution in [0.4, 0.5) is 0 Å². The first-order chi connectivity index (χ1) is 9.86. The van der Waals surface area contributed by atoms with E-state index in [0.29, 0.717) is 0 Å². The van der Waals surface area contributed by atoms with Gasteiger partial charge in [0.1, 0.15) is 0 Å². The minimum Gasteiger partial charge on any atom is -0.440 e. The van der Waals surface area contributed by atoms with E-state index in [2.05, 4.69) is 27.8 Å². The van der Waals surface area contributed by atoms with Gasteiger partial charge in [-0.05, 0) is 17.5 Å². The second kappa shape index (κ2) is 6.49. The fraction of sp³-hybridized carbons (Fsp3) is 0.357. The summed E-state index contributed by atoms with van der Waals surface area (Å²) in [5, 5.41) is 5.39. The summed E-state index contributed by atoms with van der Waals surface area (Å²) in [7, 11) is 1.70. The molecule has 20 heavy (non-hydrogen) atoms. The second-order valence-corrected chi connectivity index (χ2v) is 6.40. The van der Waals surface area contributed by atoms with Crippen LogP contribution in [-0.4, -0.2) is 31.8 Å². The number of fused-ring (bicyclic) bond motifs is 1. The van der Waals surface area contributed by atoms with Gasteiger partial charge in [0.2, 0.25) is 0 Å². The van der Waals surface area contributed by atoms with Crippen molar-refractivity contribution in [3.8, 4) is 10.6 Å². The Kier molecular flexibility index (Phi) is 4.47. The molecule has 3 aromatic rings. The van der Waals surface area contributed by atoms with Crippen LogP contribution in [0.25, 0.3) is 20.0 Å². The van der Waals surface area contributed by atoms with Gasteiger partial charge in [-0.25, -0.2) is 4.98 Å². The largest absolute Gasteiger partial charge is 0.440 e. The quantitative estimate of drug-likeness (QED) is 0.680. The average Bonchev–Trinajstić information content (AvgIpc) is 3.12. The van der Waals surface area contributed by atoms with Crippen molar-refractivity contribution in [1.82, 2.24) is 10.3 Å². The van der Waals surface area contributed by atoms with Crippen molar-refractivity contribution in [3.63, 3.8) is 0 Å². The Bertz CT molecular complexity index is 643. The van der Waals surface area contributed by atoms with Gasteiger partial charge >= 0.3 is 0 Å². The summed E-state index contributed by atoms with van der Waals surface area (Å²) in [6, 6.07) is 4.32. The summed E-state index contributed by atoms with van der Waals surface area (Å²) in [6.07, 6.45) is 2.61. The molecule has 3 aromatic heterocycles. The molecule has 6 heteroatoms. The van der Waals surface area contributed by atoms with E-state index in [1.165, 1.54) is 9.40 Å². The van der Waals surface area contributed by atoms with Gasteiger partial charge < -0.3 is 14.5 Å². The Balaban J connectivity index is 1.60. The molecule has 0 spiro atoms. The van der Waals surface area contributed by atoms with Crippen LogP contribution < -0.4 is 5.32 Å². The normalized spacial score (nSPS) is 11.4. The molecule has 3 heterocycles. The first-order valence-electron chi connectivity index (χ1n) is 6.48. The van der Waals surface area contributed by atoms with Crippen LogP contribution in [0, 0.1) is 0 Å². The zero-order valence-electron chi connectivity index (χ0n) is 11.2. The minimum absolute atomic E-state index is 0.725. The number of rotatable bonds is 7. The van der Waals surface area contributed by atoms with Crippen molar-refractivity contribution in [3.05, 3.63) is 29.6 Å². The zero-order chi connectivity index (χ0) is 13.8. The molecule has 0 amide bonds. The molecule has 0 aliphatic heterocycles. The standard InChI is InChI=1S/C14H16N2O2S2/c1-17-6-5-15-4-2-14-16-9-10(18-14)12-8-13-11(20-12)3-7-19-13/h3,7-9,15H,2,4-6H2,1H3. The molecule has 0 radical (unpaired) electrons. The van der Waals surface area contributed by atoms with E-state index < -0.39 is 0 Å². The van der Waals surface area contributed by atoms with Crippen molar-refractivity contribution in [2.24, 2.45) is 0 Å². The summed E-state index contributed by atoms with van der Waals surface area (Å²) in [5.41, 5.74) is 0. The molecule has 0 aromatic carbocycles. The molecule has 0 aliphatic rings. The lowest BCUT2D eigenvalue weighted by molar-refractivity contribution is 0.199. The molecule has 0 bridgehead atoms. The second-order valence-electron chi connectivity index (χ2n) is 4.37. The van der Waals surface area contributed by atoms with E-state index in [0.717, 1.165) is 42.6 Å². The van der Waals surface area contributed by atoms with Gasteiger partial charge in [-0.2, -0.15) is 0 Å². The number of hydrogen-bond acceptors (Lipinski definition) is 6. The molecule has 1 N–H and O–H groups in total. The van der Waals surface area contributed by atoms with Gasteiger partial charge in [0, 0.05) is 36.0 Å². The Hall–Kier alpha value is -1.21. The highest BCUT2D eigenvalue weighted by molar-refractivity contribution is 7.28. The summed E-state index contributed by atoms with van der Waals surface area (Å²) in [4.78, 5) is 5.49. The maximum absolute atomic E-state index is 5.81. The molecule has 3 rings (SSSR count). The highest BCUT2D eigenvalue weighted by atomic mass is 32.1. The van der Waals surface area contributed by atoms with Crippen LogP contribution in [-0.2, 0) is 11.2 Å².